The fourth-order valence-electron chi connectivity index (χ4n) is 7.88. The van der Waals surface area contributed by atoms with Gasteiger partial charge in [-0.05, 0) is 116 Å². The molecule has 0 aliphatic rings. The largest absolute Gasteiger partial charge is 0.456 e. The molecule has 11 rings (SSSR count). The summed E-state index contributed by atoms with van der Waals surface area (Å²) in [4.78, 5) is 22.2. The minimum atomic E-state index is 0.763. The molecule has 7 nitrogen and oxygen atoms in total. The molecule has 11 aromatic rings. The number of hydrogen-bond donors (Lipinski definition) is 0. The Kier molecular flexibility index (Phi) is 7.50. The van der Waals surface area contributed by atoms with Gasteiger partial charge in [0.15, 0.2) is 0 Å². The number of hydrogen-bond acceptors (Lipinski definition) is 7. The molecule has 0 radical (unpaired) electrons. The normalized spacial score (nSPS) is 11.7. The first-order valence-corrected chi connectivity index (χ1v) is 19.0. The van der Waals surface area contributed by atoms with Gasteiger partial charge in [-0.2, -0.15) is 0 Å². The monoisotopic (exact) mass is 784 g/mol. The number of fused-ring (bicyclic) bond motifs is 7. The van der Waals surface area contributed by atoms with Crippen molar-refractivity contribution in [3.05, 3.63) is 181 Å². The van der Waals surface area contributed by atoms with Crippen LogP contribution in [0.15, 0.2) is 186 Å². The minimum Gasteiger partial charge on any atom is -0.456 e. The number of para-hydroxylation sites is 1. The molecule has 5 aromatic heterocycles. The summed E-state index contributed by atoms with van der Waals surface area (Å²) in [6.45, 7) is 0. The molecule has 0 aliphatic carbocycles. The number of nitrogens with zero attached hydrogens (tertiary/aromatic N) is 6. The Bertz CT molecular complexity index is 3170. The third kappa shape index (κ3) is 5.33. The lowest BCUT2D eigenvalue weighted by molar-refractivity contribution is 0.669. The molecule has 8 heteroatoms. The molecule has 6 aromatic carbocycles. The van der Waals surface area contributed by atoms with Crippen molar-refractivity contribution < 1.29 is 4.42 Å². The van der Waals surface area contributed by atoms with Gasteiger partial charge in [-0.15, -0.1) is 0 Å². The maximum absolute atomic E-state index is 6.81. The van der Waals surface area contributed by atoms with E-state index >= 15 is 0 Å². The van der Waals surface area contributed by atoms with Crippen LogP contribution in [-0.2, 0) is 0 Å². The van der Waals surface area contributed by atoms with Crippen molar-refractivity contribution in [2.75, 3.05) is 9.80 Å². The van der Waals surface area contributed by atoms with Crippen LogP contribution in [0.2, 0.25) is 0 Å². The molecule has 0 aliphatic heterocycles. The van der Waals surface area contributed by atoms with Gasteiger partial charge in [-0.3, -0.25) is 19.9 Å². The van der Waals surface area contributed by atoms with Crippen LogP contribution >= 0.6 is 15.9 Å². The van der Waals surface area contributed by atoms with Crippen molar-refractivity contribution in [2.45, 2.75) is 0 Å². The van der Waals surface area contributed by atoms with Crippen LogP contribution < -0.4 is 9.80 Å². The summed E-state index contributed by atoms with van der Waals surface area (Å²) >= 11 is 4.30. The Morgan fingerprint density at radius 2 is 0.839 bits per heavy atom. The van der Waals surface area contributed by atoms with E-state index in [1.54, 1.807) is 0 Å². The molecule has 0 N–H and O–H groups in total. The molecule has 0 bridgehead atoms. The van der Waals surface area contributed by atoms with Crippen molar-refractivity contribution >= 4 is 115 Å². The van der Waals surface area contributed by atoms with Gasteiger partial charge < -0.3 is 14.2 Å². The van der Waals surface area contributed by atoms with E-state index in [0.29, 0.717) is 0 Å². The Morgan fingerprint density at radius 3 is 1.30 bits per heavy atom. The lowest BCUT2D eigenvalue weighted by Crippen LogP contribution is -2.15. The van der Waals surface area contributed by atoms with Crippen molar-refractivity contribution in [1.82, 2.24) is 19.9 Å². The fourth-order valence-corrected chi connectivity index (χ4v) is 8.54. The molecule has 0 unspecified atom stereocenters. The quantitative estimate of drug-likeness (QED) is 0.166. The number of furan rings is 1. The average Bonchev–Trinajstić information content (AvgIpc) is 3.63. The smallest absolute Gasteiger partial charge is 0.139 e. The number of halogens is 1. The maximum atomic E-state index is 6.81. The van der Waals surface area contributed by atoms with Crippen LogP contribution in [0.4, 0.5) is 34.1 Å². The van der Waals surface area contributed by atoms with E-state index in [4.69, 9.17) is 4.42 Å². The third-order valence-corrected chi connectivity index (χ3v) is 11.3. The number of rotatable bonds is 6. The standard InChI is InChI=1S/C48H29BrN6O/c49-47-43(54(38-9-5-34-26-50-17-13-30(34)21-38)39-10-6-35-27-51-18-14-31(35)22-39)25-45-46(42-3-1-2-4-44(42)56-45)48(47)55(40-11-7-36-28-52-19-15-32(36)23-40)41-12-8-37-29-53-20-16-33(37)24-41/h1-29H. The van der Waals surface area contributed by atoms with Gasteiger partial charge in [0.1, 0.15) is 11.2 Å². The van der Waals surface area contributed by atoms with Gasteiger partial charge in [0.2, 0.25) is 0 Å². The summed E-state index contributed by atoms with van der Waals surface area (Å²) in [5.41, 5.74) is 7.39. The maximum Gasteiger partial charge on any atom is 0.139 e. The van der Waals surface area contributed by atoms with Crippen LogP contribution in [0.1, 0.15) is 0 Å². The van der Waals surface area contributed by atoms with E-state index in [0.717, 1.165) is 104 Å². The van der Waals surface area contributed by atoms with Gasteiger partial charge >= 0.3 is 0 Å². The van der Waals surface area contributed by atoms with Gasteiger partial charge in [-0.25, -0.2) is 0 Å². The zero-order valence-electron chi connectivity index (χ0n) is 29.7. The van der Waals surface area contributed by atoms with Gasteiger partial charge in [0.05, 0.1) is 21.2 Å². The molecule has 0 fully saturated rings. The Labute approximate surface area is 329 Å². The number of benzene rings is 6. The van der Waals surface area contributed by atoms with Crippen LogP contribution in [0.3, 0.4) is 0 Å². The zero-order valence-corrected chi connectivity index (χ0v) is 31.3. The van der Waals surface area contributed by atoms with Crippen molar-refractivity contribution in [3.8, 4) is 0 Å². The first kappa shape index (κ1) is 32.3. The SMILES string of the molecule is Brc1c(N(c2ccc3cnccc3c2)c2ccc3cnccc3c2)cc2oc3ccccc3c2c1N(c1ccc2cnccc2c1)c1ccc2cnccc2c1. The molecule has 264 valence electrons. The first-order valence-electron chi connectivity index (χ1n) is 18.3. The van der Waals surface area contributed by atoms with E-state index in [9.17, 15) is 0 Å². The topological polar surface area (TPSA) is 71.2 Å². The predicted octanol–water partition coefficient (Wildman–Crippen LogP) is 13.5. The zero-order chi connectivity index (χ0) is 37.2. The van der Waals surface area contributed by atoms with Gasteiger partial charge in [0, 0.05) is 105 Å². The second-order valence-corrected chi connectivity index (χ2v) is 14.6. The minimum absolute atomic E-state index is 0.763. The molecular weight excluding hydrogens is 756 g/mol. The molecule has 56 heavy (non-hydrogen) atoms. The number of pyridine rings is 4. The molecule has 0 atom stereocenters. The van der Waals surface area contributed by atoms with Crippen molar-refractivity contribution in [2.24, 2.45) is 0 Å². The van der Waals surface area contributed by atoms with E-state index in [2.05, 4.69) is 161 Å². The van der Waals surface area contributed by atoms with Crippen LogP contribution in [0, 0.1) is 0 Å². The Balaban J connectivity index is 1.26. The van der Waals surface area contributed by atoms with E-state index in [-0.39, 0.29) is 0 Å². The van der Waals surface area contributed by atoms with Crippen molar-refractivity contribution in [3.63, 3.8) is 0 Å². The Morgan fingerprint density at radius 1 is 0.411 bits per heavy atom. The van der Waals surface area contributed by atoms with Gasteiger partial charge in [0.25, 0.3) is 0 Å². The fraction of sp³-hybridized carbons (Fsp3) is 0. The Hall–Kier alpha value is -7.16. The van der Waals surface area contributed by atoms with E-state index < -0.39 is 0 Å². The highest BCUT2D eigenvalue weighted by molar-refractivity contribution is 9.10. The average molecular weight is 786 g/mol. The molecule has 5 heterocycles. The molecule has 0 saturated heterocycles. The van der Waals surface area contributed by atoms with Crippen LogP contribution in [0.5, 0.6) is 0 Å². The summed E-state index contributed by atoms with van der Waals surface area (Å²) in [6.07, 6.45) is 15.0. The van der Waals surface area contributed by atoms with E-state index in [1.165, 1.54) is 0 Å². The molecular formula is C48H29BrN6O. The van der Waals surface area contributed by atoms with Crippen LogP contribution in [-0.4, -0.2) is 19.9 Å². The summed E-state index contributed by atoms with van der Waals surface area (Å²) in [6, 6.07) is 44.7. The van der Waals surface area contributed by atoms with E-state index in [1.807, 2.05) is 61.7 Å². The lowest BCUT2D eigenvalue weighted by atomic mass is 10.0. The molecule has 0 saturated carbocycles. The second-order valence-electron chi connectivity index (χ2n) is 13.8. The van der Waals surface area contributed by atoms with Crippen LogP contribution in [0.25, 0.3) is 65.0 Å². The summed E-state index contributed by atoms with van der Waals surface area (Å²) in [7, 11) is 0. The summed E-state index contributed by atoms with van der Waals surface area (Å²) in [5.74, 6) is 0. The predicted molar refractivity (Wildman–Crippen MR) is 232 cm³/mol. The number of aromatic nitrogens is 4. The molecule has 0 amide bonds. The number of anilines is 6. The lowest BCUT2D eigenvalue weighted by Gasteiger charge is -2.32. The van der Waals surface area contributed by atoms with Crippen molar-refractivity contribution in [1.29, 1.82) is 0 Å². The summed E-state index contributed by atoms with van der Waals surface area (Å²) < 4.78 is 7.70. The second kappa shape index (κ2) is 13.0. The highest BCUT2D eigenvalue weighted by Gasteiger charge is 2.28. The summed E-state index contributed by atoms with van der Waals surface area (Å²) in [5, 5.41) is 10.6. The third-order valence-electron chi connectivity index (χ3n) is 10.6. The first-order chi connectivity index (χ1) is 27.7. The highest BCUT2D eigenvalue weighted by atomic mass is 79.9. The highest BCUT2D eigenvalue weighted by Crippen LogP contribution is 2.53. The molecule has 0 spiro atoms. The van der Waals surface area contributed by atoms with Gasteiger partial charge in [-0.1, -0.05) is 42.5 Å².